The topological polar surface area (TPSA) is 132 Å². The summed E-state index contributed by atoms with van der Waals surface area (Å²) in [5.41, 5.74) is -1.11. The molecule has 0 aromatic carbocycles. The Hall–Kier alpha value is -3.94. The molecule has 0 spiro atoms. The van der Waals surface area contributed by atoms with Crippen molar-refractivity contribution in [2.24, 2.45) is 5.92 Å². The van der Waals surface area contributed by atoms with Crippen molar-refractivity contribution in [3.05, 3.63) is 40.4 Å². The molecule has 14 heteroatoms. The van der Waals surface area contributed by atoms with Crippen LogP contribution in [0.5, 0.6) is 0 Å². The van der Waals surface area contributed by atoms with Crippen LogP contribution in [0.15, 0.2) is 29.3 Å². The quantitative estimate of drug-likeness (QED) is 0.348. The summed E-state index contributed by atoms with van der Waals surface area (Å²) < 4.78 is 68.4. The molecule has 198 valence electrons. The molecule has 0 unspecified atom stereocenters. The lowest BCUT2D eigenvalue weighted by Gasteiger charge is -2.12. The SMILES string of the molecule is [2H]C([2H])([2H])NC(=O)c1cnc(NC(=O)C2CC2)cc1Nc1nn(CCCOC)c2ccn(CC(F)(F)F)c(=O)c12. The van der Waals surface area contributed by atoms with Gasteiger partial charge in [-0.25, -0.2) is 4.98 Å². The molecule has 3 N–H and O–H groups in total. The molecule has 0 atom stereocenters. The Balaban J connectivity index is 1.80. The predicted octanol–water partition coefficient (Wildman–Crippen LogP) is 2.64. The average Bonchev–Trinajstić information content (AvgIpc) is 3.63. The summed E-state index contributed by atoms with van der Waals surface area (Å²) >= 11 is 0. The third-order valence-corrected chi connectivity index (χ3v) is 5.66. The van der Waals surface area contributed by atoms with Gasteiger partial charge in [0.25, 0.3) is 11.5 Å². The average molecular weight is 525 g/mol. The molecule has 0 bridgehead atoms. The monoisotopic (exact) mass is 524 g/mol. The smallest absolute Gasteiger partial charge is 0.385 e. The Morgan fingerprint density at radius 2 is 2.11 bits per heavy atom. The van der Waals surface area contributed by atoms with Gasteiger partial charge in [0.1, 0.15) is 17.7 Å². The lowest BCUT2D eigenvalue weighted by molar-refractivity contribution is -0.141. The fourth-order valence-electron chi connectivity index (χ4n) is 3.74. The molecular weight excluding hydrogens is 495 g/mol. The Morgan fingerprint density at radius 1 is 1.32 bits per heavy atom. The van der Waals surface area contributed by atoms with Gasteiger partial charge in [-0.05, 0) is 25.3 Å². The number of fused-ring (bicyclic) bond motifs is 1. The summed E-state index contributed by atoms with van der Waals surface area (Å²) in [5, 5.41) is 11.4. The van der Waals surface area contributed by atoms with Crippen molar-refractivity contribution in [1.82, 2.24) is 24.6 Å². The van der Waals surface area contributed by atoms with E-state index in [-0.39, 0.29) is 52.2 Å². The number of carbonyl (C=O) groups is 2. The zero-order valence-electron chi connectivity index (χ0n) is 22.7. The molecule has 3 heterocycles. The largest absolute Gasteiger partial charge is 0.406 e. The molecule has 1 aliphatic rings. The second-order valence-electron chi connectivity index (χ2n) is 8.50. The minimum Gasteiger partial charge on any atom is -0.385 e. The predicted molar refractivity (Wildman–Crippen MR) is 129 cm³/mol. The first-order valence-electron chi connectivity index (χ1n) is 12.8. The van der Waals surface area contributed by atoms with Crippen LogP contribution in [-0.4, -0.2) is 58.0 Å². The van der Waals surface area contributed by atoms with Gasteiger partial charge >= 0.3 is 6.18 Å². The molecule has 3 aromatic heterocycles. The van der Waals surface area contributed by atoms with Crippen molar-refractivity contribution in [3.63, 3.8) is 0 Å². The van der Waals surface area contributed by atoms with Gasteiger partial charge in [0.05, 0.1) is 16.8 Å². The molecule has 4 rings (SSSR count). The fourth-order valence-corrected chi connectivity index (χ4v) is 3.74. The number of nitrogens with zero attached hydrogens (tertiary/aromatic N) is 4. The maximum absolute atomic E-state index is 13.2. The number of hydrogen-bond acceptors (Lipinski definition) is 7. The molecule has 0 saturated heterocycles. The van der Waals surface area contributed by atoms with Crippen molar-refractivity contribution < 1.29 is 31.6 Å². The summed E-state index contributed by atoms with van der Waals surface area (Å²) in [5.74, 6) is -1.66. The minimum atomic E-state index is -4.67. The standard InChI is InChI=1S/C23H26F3N7O4/c1-27-21(35)14-11-28-17(30-20(34)13-4-5-13)10-15(14)29-19-18-16(33(31-19)7-3-9-37-2)6-8-32(22(18)36)12-23(24,25)26/h6,8,10-11,13H,3-5,7,9,12H2,1-2H3,(H,27,35)(H2,28,29,30,31,34)/i1D3. The number of nitrogens with one attached hydrogen (secondary N) is 3. The van der Waals surface area contributed by atoms with Crippen molar-refractivity contribution in [1.29, 1.82) is 0 Å². The normalized spacial score (nSPS) is 15.1. The fraction of sp³-hybridized carbons (Fsp3) is 0.435. The molecule has 2 amide bonds. The Morgan fingerprint density at radius 3 is 2.78 bits per heavy atom. The van der Waals surface area contributed by atoms with Crippen LogP contribution in [0.2, 0.25) is 0 Å². The molecular formula is C23H26F3N7O4. The first-order chi connectivity index (χ1) is 18.8. The number of ether oxygens (including phenoxy) is 1. The molecule has 0 aliphatic heterocycles. The lowest BCUT2D eigenvalue weighted by atomic mass is 10.2. The second kappa shape index (κ2) is 10.6. The first-order valence-corrected chi connectivity index (χ1v) is 11.3. The van der Waals surface area contributed by atoms with E-state index in [2.05, 4.69) is 20.7 Å². The summed E-state index contributed by atoms with van der Waals surface area (Å²) in [4.78, 5) is 42.2. The van der Waals surface area contributed by atoms with E-state index in [4.69, 9.17) is 8.85 Å². The van der Waals surface area contributed by atoms with Crippen LogP contribution in [-0.2, 0) is 22.6 Å². The van der Waals surface area contributed by atoms with Gasteiger partial charge in [-0.3, -0.25) is 19.1 Å². The molecule has 37 heavy (non-hydrogen) atoms. The number of amides is 2. The number of carbonyl (C=O) groups excluding carboxylic acids is 2. The molecule has 1 saturated carbocycles. The highest BCUT2D eigenvalue weighted by molar-refractivity contribution is 6.02. The Bertz CT molecular complexity index is 1480. The van der Waals surface area contributed by atoms with Gasteiger partial charge in [0.15, 0.2) is 5.82 Å². The Kier molecular flexibility index (Phi) is 6.37. The van der Waals surface area contributed by atoms with Gasteiger partial charge in [0, 0.05) is 55.7 Å². The van der Waals surface area contributed by atoms with Crippen LogP contribution in [0.3, 0.4) is 0 Å². The van der Waals surface area contributed by atoms with E-state index >= 15 is 0 Å². The number of pyridine rings is 2. The van der Waals surface area contributed by atoms with E-state index < -0.39 is 31.2 Å². The zero-order valence-corrected chi connectivity index (χ0v) is 19.7. The van der Waals surface area contributed by atoms with Gasteiger partial charge in [-0.2, -0.15) is 18.3 Å². The van der Waals surface area contributed by atoms with Crippen molar-refractivity contribution in [2.75, 3.05) is 31.3 Å². The minimum absolute atomic E-state index is 0.0307. The highest BCUT2D eigenvalue weighted by Crippen LogP contribution is 2.31. The molecule has 11 nitrogen and oxygen atoms in total. The van der Waals surface area contributed by atoms with Gasteiger partial charge in [-0.15, -0.1) is 0 Å². The van der Waals surface area contributed by atoms with E-state index in [0.29, 0.717) is 30.4 Å². The number of hydrogen-bond donors (Lipinski definition) is 3. The van der Waals surface area contributed by atoms with Crippen LogP contribution in [0.1, 0.15) is 33.7 Å². The zero-order chi connectivity index (χ0) is 29.2. The van der Waals surface area contributed by atoms with Gasteiger partial charge < -0.3 is 25.3 Å². The molecule has 3 aromatic rings. The van der Waals surface area contributed by atoms with Crippen LogP contribution in [0, 0.1) is 5.92 Å². The summed E-state index contributed by atoms with van der Waals surface area (Å²) in [6.07, 6.45) is -0.717. The number of aryl methyl sites for hydroxylation is 1. The van der Waals surface area contributed by atoms with Crippen molar-refractivity contribution in [2.45, 2.75) is 38.5 Å². The Labute approximate surface area is 213 Å². The van der Waals surface area contributed by atoms with Crippen LogP contribution >= 0.6 is 0 Å². The number of alkyl halides is 3. The van der Waals surface area contributed by atoms with Crippen molar-refractivity contribution in [3.8, 4) is 0 Å². The summed E-state index contributed by atoms with van der Waals surface area (Å²) in [6.45, 7) is -3.77. The van der Waals surface area contributed by atoms with E-state index in [1.165, 1.54) is 23.9 Å². The van der Waals surface area contributed by atoms with Gasteiger partial charge in [-0.1, -0.05) is 0 Å². The third-order valence-electron chi connectivity index (χ3n) is 5.66. The number of anilines is 3. The third kappa shape index (κ3) is 6.07. The van der Waals surface area contributed by atoms with Crippen LogP contribution < -0.4 is 21.5 Å². The summed E-state index contributed by atoms with van der Waals surface area (Å²) in [7, 11) is 1.50. The highest BCUT2D eigenvalue weighted by Gasteiger charge is 2.31. The summed E-state index contributed by atoms with van der Waals surface area (Å²) in [6, 6.07) is 2.57. The maximum Gasteiger partial charge on any atom is 0.406 e. The number of methoxy groups -OCH3 is 1. The van der Waals surface area contributed by atoms with Crippen molar-refractivity contribution >= 4 is 40.0 Å². The maximum atomic E-state index is 13.2. The van der Waals surface area contributed by atoms with Gasteiger partial charge in [0.2, 0.25) is 5.91 Å². The molecule has 0 radical (unpaired) electrons. The van der Waals surface area contributed by atoms with E-state index in [9.17, 15) is 27.6 Å². The molecule has 1 aliphatic carbocycles. The number of rotatable bonds is 10. The van der Waals surface area contributed by atoms with Crippen LogP contribution in [0.25, 0.3) is 10.9 Å². The van der Waals surface area contributed by atoms with E-state index in [1.807, 2.05) is 5.32 Å². The number of aromatic nitrogens is 4. The van der Waals surface area contributed by atoms with E-state index in [0.717, 1.165) is 12.4 Å². The molecule has 1 fully saturated rings. The second-order valence-corrected chi connectivity index (χ2v) is 8.50. The highest BCUT2D eigenvalue weighted by atomic mass is 19.4. The lowest BCUT2D eigenvalue weighted by Crippen LogP contribution is -2.27. The first kappa shape index (κ1) is 22.3. The van der Waals surface area contributed by atoms with E-state index in [1.54, 1.807) is 0 Å². The number of halogens is 3. The van der Waals surface area contributed by atoms with Crippen LogP contribution in [0.4, 0.5) is 30.5 Å².